The van der Waals surface area contributed by atoms with Crippen LogP contribution in [-0.4, -0.2) is 63.7 Å². The van der Waals surface area contributed by atoms with Crippen LogP contribution in [0.15, 0.2) is 0 Å². The first-order valence-corrected chi connectivity index (χ1v) is 7.69. The maximum atomic E-state index is 12.0. The second-order valence-corrected chi connectivity index (χ2v) is 6.95. The van der Waals surface area contributed by atoms with E-state index in [-0.39, 0.29) is 24.1 Å². The summed E-state index contributed by atoms with van der Waals surface area (Å²) in [5.41, 5.74) is 0. The van der Waals surface area contributed by atoms with Gasteiger partial charge in [0.2, 0.25) is 0 Å². The Labute approximate surface area is 105 Å². The molecular weight excluding hydrogens is 269 g/mol. The quantitative estimate of drug-likeness (QED) is 0.779. The molecule has 18 heavy (non-hydrogen) atoms. The molecule has 0 amide bonds. The van der Waals surface area contributed by atoms with E-state index in [9.17, 15) is 21.6 Å². The van der Waals surface area contributed by atoms with Gasteiger partial charge in [0.25, 0.3) is 0 Å². The molecule has 0 aromatic carbocycles. The third kappa shape index (κ3) is 6.55. The lowest BCUT2D eigenvalue weighted by Crippen LogP contribution is -2.37. The second-order valence-electron chi connectivity index (χ2n) is 4.72. The van der Waals surface area contributed by atoms with Gasteiger partial charge in [-0.3, -0.25) is 0 Å². The molecule has 1 N–H and O–H groups in total. The predicted molar refractivity (Wildman–Crippen MR) is 63.2 cm³/mol. The summed E-state index contributed by atoms with van der Waals surface area (Å²) >= 11 is 0. The van der Waals surface area contributed by atoms with Crippen molar-refractivity contribution in [2.45, 2.75) is 25.1 Å². The lowest BCUT2D eigenvalue weighted by Gasteiger charge is -2.19. The molecule has 0 radical (unpaired) electrons. The van der Waals surface area contributed by atoms with Crippen molar-refractivity contribution in [3.63, 3.8) is 0 Å². The fraction of sp³-hybridized carbons (Fsp3) is 1.00. The molecule has 0 aromatic heterocycles. The van der Waals surface area contributed by atoms with Gasteiger partial charge >= 0.3 is 6.18 Å². The Kier molecular flexibility index (Phi) is 5.42. The molecule has 0 spiro atoms. The summed E-state index contributed by atoms with van der Waals surface area (Å²) in [5, 5.41) is 3.06. The maximum Gasteiger partial charge on any atom is 0.390 e. The SMILES string of the molecule is CN(CCNC1CCS(=O)(=O)C1)CCC(F)(F)F. The third-order valence-corrected chi connectivity index (χ3v) is 4.70. The van der Waals surface area contributed by atoms with Gasteiger partial charge in [-0.1, -0.05) is 0 Å². The average molecular weight is 288 g/mol. The van der Waals surface area contributed by atoms with Crippen LogP contribution in [0.5, 0.6) is 0 Å². The topological polar surface area (TPSA) is 49.4 Å². The van der Waals surface area contributed by atoms with E-state index < -0.39 is 22.4 Å². The Morgan fingerprint density at radius 3 is 2.50 bits per heavy atom. The molecular formula is C10H19F3N2O2S. The van der Waals surface area contributed by atoms with Crippen molar-refractivity contribution in [2.75, 3.05) is 38.2 Å². The minimum absolute atomic E-state index is 0.0336. The largest absolute Gasteiger partial charge is 0.390 e. The van der Waals surface area contributed by atoms with Crippen LogP contribution >= 0.6 is 0 Å². The van der Waals surface area contributed by atoms with Gasteiger partial charge in [0, 0.05) is 25.7 Å². The number of halogens is 3. The maximum absolute atomic E-state index is 12.0. The summed E-state index contributed by atoms with van der Waals surface area (Å²) in [5.74, 6) is 0.341. The first-order chi connectivity index (χ1) is 8.18. The van der Waals surface area contributed by atoms with Crippen LogP contribution in [0.2, 0.25) is 0 Å². The molecule has 4 nitrogen and oxygen atoms in total. The van der Waals surface area contributed by atoms with Crippen LogP contribution in [0, 0.1) is 0 Å². The Hall–Kier alpha value is -0.340. The number of hydrogen-bond acceptors (Lipinski definition) is 4. The molecule has 1 rings (SSSR count). The molecule has 1 fully saturated rings. The fourth-order valence-electron chi connectivity index (χ4n) is 1.84. The minimum atomic E-state index is -4.12. The van der Waals surface area contributed by atoms with Crippen molar-refractivity contribution in [1.82, 2.24) is 10.2 Å². The summed E-state index contributed by atoms with van der Waals surface area (Å²) in [6, 6.07) is -0.0500. The van der Waals surface area contributed by atoms with E-state index in [1.807, 2.05) is 0 Å². The molecule has 1 aliphatic heterocycles. The zero-order valence-corrected chi connectivity index (χ0v) is 11.1. The van der Waals surface area contributed by atoms with Crippen LogP contribution in [0.3, 0.4) is 0 Å². The first-order valence-electron chi connectivity index (χ1n) is 5.87. The monoisotopic (exact) mass is 288 g/mol. The second kappa shape index (κ2) is 6.21. The standard InChI is InChI=1S/C10H19F3N2O2S/c1-15(5-3-10(11,12)13)6-4-14-9-2-7-18(16,17)8-9/h9,14H,2-8H2,1H3. The number of rotatable bonds is 6. The summed E-state index contributed by atoms with van der Waals surface area (Å²) in [6.45, 7) is 0.954. The lowest BCUT2D eigenvalue weighted by atomic mass is 10.2. The van der Waals surface area contributed by atoms with Crippen molar-refractivity contribution >= 4 is 9.84 Å². The van der Waals surface area contributed by atoms with E-state index in [0.29, 0.717) is 19.5 Å². The summed E-state index contributed by atoms with van der Waals surface area (Å²) < 4.78 is 58.2. The smallest absolute Gasteiger partial charge is 0.312 e. The van der Waals surface area contributed by atoms with Gasteiger partial charge in [0.1, 0.15) is 0 Å². The number of nitrogens with one attached hydrogen (secondary N) is 1. The molecule has 0 bridgehead atoms. The number of nitrogens with zero attached hydrogens (tertiary/aromatic N) is 1. The highest BCUT2D eigenvalue weighted by Crippen LogP contribution is 2.19. The molecule has 1 aliphatic rings. The van der Waals surface area contributed by atoms with Gasteiger partial charge < -0.3 is 10.2 Å². The van der Waals surface area contributed by atoms with Crippen molar-refractivity contribution in [2.24, 2.45) is 0 Å². The Balaban J connectivity index is 2.11. The molecule has 0 aliphatic carbocycles. The van der Waals surface area contributed by atoms with Crippen LogP contribution in [0.4, 0.5) is 13.2 Å². The Bertz CT molecular complexity index is 357. The van der Waals surface area contributed by atoms with Crippen LogP contribution in [0.1, 0.15) is 12.8 Å². The zero-order chi connectivity index (χ0) is 13.8. The van der Waals surface area contributed by atoms with Gasteiger partial charge in [-0.25, -0.2) is 8.42 Å². The molecule has 108 valence electrons. The van der Waals surface area contributed by atoms with E-state index in [0.717, 1.165) is 0 Å². The number of alkyl halides is 3. The Morgan fingerprint density at radius 1 is 1.33 bits per heavy atom. The van der Waals surface area contributed by atoms with Crippen molar-refractivity contribution in [3.05, 3.63) is 0 Å². The summed E-state index contributed by atoms with van der Waals surface area (Å²) in [7, 11) is -1.28. The zero-order valence-electron chi connectivity index (χ0n) is 10.3. The molecule has 1 unspecified atom stereocenters. The van der Waals surface area contributed by atoms with E-state index >= 15 is 0 Å². The summed E-state index contributed by atoms with van der Waals surface area (Å²) in [6.07, 6.45) is -4.35. The number of likely N-dealkylation sites (N-methyl/N-ethyl adjacent to an activating group) is 1. The molecule has 0 saturated carbocycles. The van der Waals surface area contributed by atoms with Crippen LogP contribution in [-0.2, 0) is 9.84 Å². The van der Waals surface area contributed by atoms with E-state index in [1.54, 1.807) is 11.9 Å². The lowest BCUT2D eigenvalue weighted by molar-refractivity contribution is -0.137. The van der Waals surface area contributed by atoms with Crippen LogP contribution < -0.4 is 5.32 Å². The molecule has 0 aromatic rings. The van der Waals surface area contributed by atoms with Crippen LogP contribution in [0.25, 0.3) is 0 Å². The molecule has 1 saturated heterocycles. The van der Waals surface area contributed by atoms with Gasteiger partial charge in [0.05, 0.1) is 17.9 Å². The summed E-state index contributed by atoms with van der Waals surface area (Å²) in [4.78, 5) is 1.59. The van der Waals surface area contributed by atoms with Crippen molar-refractivity contribution in [1.29, 1.82) is 0 Å². The highest BCUT2D eigenvalue weighted by Gasteiger charge is 2.28. The highest BCUT2D eigenvalue weighted by molar-refractivity contribution is 7.91. The molecule has 1 heterocycles. The molecule has 1 atom stereocenters. The van der Waals surface area contributed by atoms with E-state index in [2.05, 4.69) is 5.32 Å². The normalized spacial score (nSPS) is 23.7. The number of hydrogen-bond donors (Lipinski definition) is 1. The van der Waals surface area contributed by atoms with Gasteiger partial charge in [-0.15, -0.1) is 0 Å². The van der Waals surface area contributed by atoms with Crippen molar-refractivity contribution < 1.29 is 21.6 Å². The molecule has 8 heteroatoms. The predicted octanol–water partition coefficient (Wildman–Crippen LogP) is 0.647. The first kappa shape index (κ1) is 15.7. The van der Waals surface area contributed by atoms with Gasteiger partial charge in [-0.05, 0) is 13.5 Å². The third-order valence-electron chi connectivity index (χ3n) is 2.94. The van der Waals surface area contributed by atoms with E-state index in [4.69, 9.17) is 0 Å². The van der Waals surface area contributed by atoms with Gasteiger partial charge in [0.15, 0.2) is 9.84 Å². The Morgan fingerprint density at radius 2 is 2.00 bits per heavy atom. The van der Waals surface area contributed by atoms with Gasteiger partial charge in [-0.2, -0.15) is 13.2 Å². The average Bonchev–Trinajstić information content (AvgIpc) is 2.54. The fourth-order valence-corrected chi connectivity index (χ4v) is 3.55. The highest BCUT2D eigenvalue weighted by atomic mass is 32.2. The minimum Gasteiger partial charge on any atom is -0.312 e. The van der Waals surface area contributed by atoms with E-state index in [1.165, 1.54) is 0 Å². The number of sulfone groups is 1. The van der Waals surface area contributed by atoms with Crippen molar-refractivity contribution in [3.8, 4) is 0 Å².